The van der Waals surface area contributed by atoms with Crippen LogP contribution in [0.15, 0.2) is 48.5 Å². The van der Waals surface area contributed by atoms with Crippen molar-refractivity contribution in [1.82, 2.24) is 0 Å². The molecule has 1 fully saturated rings. The Morgan fingerprint density at radius 1 is 1.04 bits per heavy atom. The Hall–Kier alpha value is -2.66. The molecule has 1 heterocycles. The molecule has 0 atom stereocenters. The highest BCUT2D eigenvalue weighted by Gasteiger charge is 2.13. The van der Waals surface area contributed by atoms with Gasteiger partial charge in [0.25, 0.3) is 0 Å². The number of nitrogens with one attached hydrogen (secondary N) is 1. The van der Waals surface area contributed by atoms with Gasteiger partial charge in [0.05, 0.1) is 13.2 Å². The monoisotopic (exact) mass is 352 g/mol. The van der Waals surface area contributed by atoms with Crippen molar-refractivity contribution >= 4 is 23.1 Å². The van der Waals surface area contributed by atoms with E-state index >= 15 is 0 Å². The van der Waals surface area contributed by atoms with E-state index in [1.165, 1.54) is 0 Å². The molecular formula is C21H24N2O3. The van der Waals surface area contributed by atoms with Crippen LogP contribution in [-0.2, 0) is 9.53 Å². The highest BCUT2D eigenvalue weighted by molar-refractivity contribution is 6.00. The normalized spacial score (nSPS) is 14.1. The standard InChI is InChI=1S/C21H24N2O3/c1-16-5-2-3-8-19(16)20(24)9-10-21(25)22-17-6-4-7-18(15-17)23-11-13-26-14-12-23/h2-8,15H,9-14H2,1H3,(H,22,25). The largest absolute Gasteiger partial charge is 0.378 e. The third-order valence-electron chi connectivity index (χ3n) is 4.53. The van der Waals surface area contributed by atoms with Gasteiger partial charge < -0.3 is 15.0 Å². The lowest BCUT2D eigenvalue weighted by molar-refractivity contribution is -0.116. The lowest BCUT2D eigenvalue weighted by Gasteiger charge is -2.29. The van der Waals surface area contributed by atoms with Crippen molar-refractivity contribution in [2.45, 2.75) is 19.8 Å². The van der Waals surface area contributed by atoms with Crippen LogP contribution < -0.4 is 10.2 Å². The molecule has 0 unspecified atom stereocenters. The van der Waals surface area contributed by atoms with E-state index in [-0.39, 0.29) is 24.5 Å². The molecule has 3 rings (SSSR count). The number of amides is 1. The SMILES string of the molecule is Cc1ccccc1C(=O)CCC(=O)Nc1cccc(N2CCOCC2)c1. The molecule has 0 aliphatic carbocycles. The Morgan fingerprint density at radius 3 is 2.58 bits per heavy atom. The number of carbonyl (C=O) groups is 2. The van der Waals surface area contributed by atoms with E-state index in [9.17, 15) is 9.59 Å². The van der Waals surface area contributed by atoms with Gasteiger partial charge in [0.1, 0.15) is 0 Å². The van der Waals surface area contributed by atoms with Gasteiger partial charge in [-0.1, -0.05) is 30.3 Å². The average molecular weight is 352 g/mol. The molecule has 0 aromatic heterocycles. The van der Waals surface area contributed by atoms with E-state index < -0.39 is 0 Å². The van der Waals surface area contributed by atoms with Gasteiger partial charge >= 0.3 is 0 Å². The summed E-state index contributed by atoms with van der Waals surface area (Å²) in [7, 11) is 0. The first-order valence-corrected chi connectivity index (χ1v) is 8.95. The van der Waals surface area contributed by atoms with Crippen LogP contribution in [0.1, 0.15) is 28.8 Å². The fraction of sp³-hybridized carbons (Fsp3) is 0.333. The zero-order valence-electron chi connectivity index (χ0n) is 15.0. The number of anilines is 2. The van der Waals surface area contributed by atoms with Crippen molar-refractivity contribution in [2.24, 2.45) is 0 Å². The van der Waals surface area contributed by atoms with Crippen LogP contribution in [-0.4, -0.2) is 38.0 Å². The number of nitrogens with zero attached hydrogens (tertiary/aromatic N) is 1. The zero-order valence-corrected chi connectivity index (χ0v) is 15.0. The topological polar surface area (TPSA) is 58.6 Å². The number of morpholine rings is 1. The van der Waals surface area contributed by atoms with Gasteiger partial charge in [0.2, 0.25) is 5.91 Å². The molecule has 0 saturated carbocycles. The molecule has 1 saturated heterocycles. The molecule has 2 aromatic carbocycles. The summed E-state index contributed by atoms with van der Waals surface area (Å²) in [4.78, 5) is 26.7. The lowest BCUT2D eigenvalue weighted by Crippen LogP contribution is -2.36. The van der Waals surface area contributed by atoms with Crippen LogP contribution in [0.25, 0.3) is 0 Å². The molecule has 0 bridgehead atoms. The van der Waals surface area contributed by atoms with E-state index in [2.05, 4.69) is 10.2 Å². The maximum atomic E-state index is 12.3. The summed E-state index contributed by atoms with van der Waals surface area (Å²) in [5.74, 6) is -0.147. The third-order valence-corrected chi connectivity index (χ3v) is 4.53. The van der Waals surface area contributed by atoms with Gasteiger partial charge in [-0.15, -0.1) is 0 Å². The third kappa shape index (κ3) is 4.70. The van der Waals surface area contributed by atoms with Crippen LogP contribution in [0.3, 0.4) is 0 Å². The van der Waals surface area contributed by atoms with Gasteiger partial charge in [-0.25, -0.2) is 0 Å². The molecule has 0 spiro atoms. The summed E-state index contributed by atoms with van der Waals surface area (Å²) in [6.45, 7) is 5.05. The summed E-state index contributed by atoms with van der Waals surface area (Å²) in [5, 5.41) is 2.89. The number of ketones is 1. The van der Waals surface area contributed by atoms with Gasteiger partial charge in [0.15, 0.2) is 5.78 Å². The predicted octanol–water partition coefficient (Wildman–Crippen LogP) is 3.43. The molecule has 136 valence electrons. The maximum Gasteiger partial charge on any atom is 0.224 e. The highest BCUT2D eigenvalue weighted by atomic mass is 16.5. The quantitative estimate of drug-likeness (QED) is 0.809. The van der Waals surface area contributed by atoms with Crippen molar-refractivity contribution in [2.75, 3.05) is 36.5 Å². The van der Waals surface area contributed by atoms with Gasteiger partial charge in [-0.05, 0) is 30.7 Å². The first-order valence-electron chi connectivity index (χ1n) is 8.95. The molecule has 26 heavy (non-hydrogen) atoms. The smallest absolute Gasteiger partial charge is 0.224 e. The Bertz CT molecular complexity index is 782. The second kappa shape index (κ2) is 8.63. The first-order chi connectivity index (χ1) is 12.6. The van der Waals surface area contributed by atoms with Crippen LogP contribution in [0.2, 0.25) is 0 Å². The number of carbonyl (C=O) groups excluding carboxylic acids is 2. The van der Waals surface area contributed by atoms with Crippen LogP contribution in [0.5, 0.6) is 0 Å². The van der Waals surface area contributed by atoms with E-state index in [0.29, 0.717) is 5.56 Å². The fourth-order valence-corrected chi connectivity index (χ4v) is 3.07. The Labute approximate surface area is 154 Å². The summed E-state index contributed by atoms with van der Waals surface area (Å²) >= 11 is 0. The van der Waals surface area contributed by atoms with E-state index in [0.717, 1.165) is 43.2 Å². The van der Waals surface area contributed by atoms with Gasteiger partial charge in [0, 0.05) is 42.9 Å². The van der Waals surface area contributed by atoms with Crippen LogP contribution >= 0.6 is 0 Å². The molecule has 1 amide bonds. The minimum absolute atomic E-state index is 0.000294. The summed E-state index contributed by atoms with van der Waals surface area (Å²) < 4.78 is 5.37. The predicted molar refractivity (Wildman–Crippen MR) is 103 cm³/mol. The van der Waals surface area contributed by atoms with Crippen molar-refractivity contribution in [1.29, 1.82) is 0 Å². The number of rotatable bonds is 6. The second-order valence-electron chi connectivity index (χ2n) is 6.44. The molecule has 1 aliphatic heterocycles. The Kier molecular flexibility index (Phi) is 6.02. The minimum atomic E-state index is -0.147. The van der Waals surface area contributed by atoms with Crippen molar-refractivity contribution in [3.63, 3.8) is 0 Å². The van der Waals surface area contributed by atoms with Crippen molar-refractivity contribution < 1.29 is 14.3 Å². The summed E-state index contributed by atoms with van der Waals surface area (Å²) in [5.41, 5.74) is 3.45. The number of hydrogen-bond acceptors (Lipinski definition) is 4. The molecule has 0 radical (unpaired) electrons. The number of aryl methyl sites for hydroxylation is 1. The number of hydrogen-bond donors (Lipinski definition) is 1. The number of Topliss-reactive ketones (excluding diaryl/α,β-unsaturated/α-hetero) is 1. The lowest BCUT2D eigenvalue weighted by atomic mass is 10.0. The summed E-state index contributed by atoms with van der Waals surface area (Å²) in [6, 6.07) is 15.3. The molecule has 5 heteroatoms. The minimum Gasteiger partial charge on any atom is -0.378 e. The molecular weight excluding hydrogens is 328 g/mol. The Balaban J connectivity index is 1.55. The van der Waals surface area contributed by atoms with Gasteiger partial charge in [-0.2, -0.15) is 0 Å². The second-order valence-corrected chi connectivity index (χ2v) is 6.44. The molecule has 5 nitrogen and oxygen atoms in total. The maximum absolute atomic E-state index is 12.3. The van der Waals surface area contributed by atoms with Crippen molar-refractivity contribution in [3.8, 4) is 0 Å². The highest BCUT2D eigenvalue weighted by Crippen LogP contribution is 2.21. The summed E-state index contributed by atoms with van der Waals surface area (Å²) in [6.07, 6.45) is 0.384. The van der Waals surface area contributed by atoms with E-state index in [4.69, 9.17) is 4.74 Å². The van der Waals surface area contributed by atoms with E-state index in [1.54, 1.807) is 6.07 Å². The molecule has 1 aliphatic rings. The molecule has 2 aromatic rings. The number of benzene rings is 2. The Morgan fingerprint density at radius 2 is 1.81 bits per heavy atom. The number of ether oxygens (including phenoxy) is 1. The van der Waals surface area contributed by atoms with Gasteiger partial charge in [-0.3, -0.25) is 9.59 Å². The van der Waals surface area contributed by atoms with E-state index in [1.807, 2.05) is 49.4 Å². The molecule has 1 N–H and O–H groups in total. The van der Waals surface area contributed by atoms with Crippen molar-refractivity contribution in [3.05, 3.63) is 59.7 Å². The first kappa shape index (κ1) is 18.1. The average Bonchev–Trinajstić information content (AvgIpc) is 2.67. The van der Waals surface area contributed by atoms with Crippen LogP contribution in [0.4, 0.5) is 11.4 Å². The fourth-order valence-electron chi connectivity index (χ4n) is 3.07. The zero-order chi connectivity index (χ0) is 18.4. The van der Waals surface area contributed by atoms with Crippen LogP contribution in [0, 0.1) is 6.92 Å².